The normalized spacial score (nSPS) is 19.3. The third-order valence-corrected chi connectivity index (χ3v) is 6.01. The van der Waals surface area contributed by atoms with E-state index in [-0.39, 0.29) is 5.78 Å². The van der Waals surface area contributed by atoms with Crippen molar-refractivity contribution in [1.82, 2.24) is 24.9 Å². The van der Waals surface area contributed by atoms with Crippen LogP contribution in [0.25, 0.3) is 16.8 Å². The Balaban J connectivity index is 1.73. The van der Waals surface area contributed by atoms with Crippen molar-refractivity contribution in [3.8, 4) is 11.1 Å². The number of nitrogens with zero attached hydrogens (tertiary/aromatic N) is 4. The number of ketones is 1. The van der Waals surface area contributed by atoms with Crippen LogP contribution in [0.15, 0.2) is 24.5 Å². The molecule has 0 amide bonds. The number of carbonyl (C=O) groups excluding carboxylic acids is 1. The first-order valence-corrected chi connectivity index (χ1v) is 10.8. The van der Waals surface area contributed by atoms with E-state index in [2.05, 4.69) is 22.3 Å². The van der Waals surface area contributed by atoms with Gasteiger partial charge in [-0.15, -0.1) is 0 Å². The largest absolute Gasteiger partial charge is 0.384 e. The molecule has 1 aliphatic heterocycles. The third-order valence-electron chi connectivity index (χ3n) is 6.01. The standard InChI is InChI=1S/C23H30N6O2/c1-13-5-7-16(27-13)8-9-18-20(14(2)30)21(24)29-22(28-18)17(12-26-29)15-6-10-19(25-11-15)23(3,4)31/h6,10-13,16,27,31H,5,7-9,24H2,1-4H3/t13-,16-/m1/s1. The third kappa shape index (κ3) is 4.18. The second kappa shape index (κ2) is 8.01. The number of hydrogen-bond donors (Lipinski definition) is 3. The fraction of sp³-hybridized carbons (Fsp3) is 0.478. The van der Waals surface area contributed by atoms with E-state index < -0.39 is 5.60 Å². The number of nitrogen functional groups attached to an aromatic ring is 1. The van der Waals surface area contributed by atoms with Gasteiger partial charge in [-0.1, -0.05) is 6.07 Å². The summed E-state index contributed by atoms with van der Waals surface area (Å²) >= 11 is 0. The number of Topliss-reactive ketones (excluding diaryl/α,β-unsaturated/α-hetero) is 1. The topological polar surface area (TPSA) is 118 Å². The average Bonchev–Trinajstić information content (AvgIpc) is 3.31. The monoisotopic (exact) mass is 422 g/mol. The predicted octanol–water partition coefficient (Wildman–Crippen LogP) is 2.88. The number of fused-ring (bicyclic) bond motifs is 1. The molecule has 4 N–H and O–H groups in total. The molecule has 0 aromatic carbocycles. The molecule has 0 saturated carbocycles. The Kier molecular flexibility index (Phi) is 5.53. The molecule has 1 saturated heterocycles. The SMILES string of the molecule is CC(=O)c1c(CC[C@H]2CC[C@@H](C)N2)nc2c(-c3ccc(C(C)(C)O)nc3)cnn2c1N. The Bertz CT molecular complexity index is 1110. The molecule has 1 aliphatic rings. The van der Waals surface area contributed by atoms with Crippen LogP contribution < -0.4 is 11.1 Å². The highest BCUT2D eigenvalue weighted by Crippen LogP contribution is 2.29. The van der Waals surface area contributed by atoms with Gasteiger partial charge in [0.25, 0.3) is 0 Å². The zero-order chi connectivity index (χ0) is 22.3. The van der Waals surface area contributed by atoms with Gasteiger partial charge in [0.1, 0.15) is 11.4 Å². The molecule has 0 bridgehead atoms. The molecule has 4 rings (SSSR count). The lowest BCUT2D eigenvalue weighted by Crippen LogP contribution is -2.27. The number of nitrogens with one attached hydrogen (secondary N) is 1. The Morgan fingerprint density at radius 1 is 1.32 bits per heavy atom. The summed E-state index contributed by atoms with van der Waals surface area (Å²) in [6, 6.07) is 4.63. The van der Waals surface area contributed by atoms with E-state index in [1.54, 1.807) is 32.3 Å². The zero-order valence-corrected chi connectivity index (χ0v) is 18.5. The highest BCUT2D eigenvalue weighted by molar-refractivity contribution is 6.00. The van der Waals surface area contributed by atoms with E-state index in [4.69, 9.17) is 10.7 Å². The number of aromatic nitrogens is 4. The van der Waals surface area contributed by atoms with Crippen LogP contribution in [0.5, 0.6) is 0 Å². The molecule has 1 fully saturated rings. The Hall–Kier alpha value is -2.84. The fourth-order valence-corrected chi connectivity index (χ4v) is 4.31. The average molecular weight is 423 g/mol. The summed E-state index contributed by atoms with van der Waals surface area (Å²) in [7, 11) is 0. The van der Waals surface area contributed by atoms with Gasteiger partial charge in [-0.05, 0) is 59.4 Å². The first-order chi connectivity index (χ1) is 14.6. The van der Waals surface area contributed by atoms with Gasteiger partial charge in [-0.2, -0.15) is 9.61 Å². The Morgan fingerprint density at radius 2 is 2.10 bits per heavy atom. The lowest BCUT2D eigenvalue weighted by Gasteiger charge is -2.16. The number of anilines is 1. The first-order valence-electron chi connectivity index (χ1n) is 10.8. The molecule has 0 spiro atoms. The molecule has 8 nitrogen and oxygen atoms in total. The van der Waals surface area contributed by atoms with E-state index >= 15 is 0 Å². The highest BCUT2D eigenvalue weighted by atomic mass is 16.3. The summed E-state index contributed by atoms with van der Waals surface area (Å²) in [5.74, 6) is 0.204. The fourth-order valence-electron chi connectivity index (χ4n) is 4.31. The van der Waals surface area contributed by atoms with E-state index in [1.165, 1.54) is 17.9 Å². The van der Waals surface area contributed by atoms with Crippen molar-refractivity contribution >= 4 is 17.2 Å². The minimum Gasteiger partial charge on any atom is -0.384 e. The van der Waals surface area contributed by atoms with Crippen molar-refractivity contribution in [3.63, 3.8) is 0 Å². The van der Waals surface area contributed by atoms with Crippen molar-refractivity contribution in [2.45, 2.75) is 71.1 Å². The summed E-state index contributed by atoms with van der Waals surface area (Å²) < 4.78 is 1.52. The summed E-state index contributed by atoms with van der Waals surface area (Å²) in [5.41, 5.74) is 9.30. The van der Waals surface area contributed by atoms with E-state index in [0.717, 1.165) is 24.0 Å². The van der Waals surface area contributed by atoms with Gasteiger partial charge in [0.15, 0.2) is 11.4 Å². The molecule has 0 aliphatic carbocycles. The van der Waals surface area contributed by atoms with Crippen LogP contribution >= 0.6 is 0 Å². The molecule has 3 aromatic heterocycles. The molecule has 3 aromatic rings. The maximum absolute atomic E-state index is 12.4. The lowest BCUT2D eigenvalue weighted by molar-refractivity contribution is 0.0739. The van der Waals surface area contributed by atoms with Crippen LogP contribution in [-0.2, 0) is 12.0 Å². The van der Waals surface area contributed by atoms with E-state index in [9.17, 15) is 9.90 Å². The quantitative estimate of drug-likeness (QED) is 0.523. The molecule has 8 heteroatoms. The number of aryl methyl sites for hydroxylation is 1. The maximum atomic E-state index is 12.4. The molecule has 0 unspecified atom stereocenters. The molecule has 31 heavy (non-hydrogen) atoms. The zero-order valence-electron chi connectivity index (χ0n) is 18.5. The number of hydrogen-bond acceptors (Lipinski definition) is 7. The summed E-state index contributed by atoms with van der Waals surface area (Å²) in [4.78, 5) is 21.6. The summed E-state index contributed by atoms with van der Waals surface area (Å²) in [6.07, 6.45) is 7.25. The van der Waals surface area contributed by atoms with Crippen molar-refractivity contribution in [3.05, 3.63) is 41.5 Å². The second-order valence-corrected chi connectivity index (χ2v) is 9.04. The first kappa shape index (κ1) is 21.4. The Labute approximate surface area is 181 Å². The van der Waals surface area contributed by atoms with Gasteiger partial charge >= 0.3 is 0 Å². The highest BCUT2D eigenvalue weighted by Gasteiger charge is 2.24. The van der Waals surface area contributed by atoms with Gasteiger partial charge in [0, 0.05) is 29.4 Å². The second-order valence-electron chi connectivity index (χ2n) is 9.04. The molecule has 164 valence electrons. The van der Waals surface area contributed by atoms with Crippen LogP contribution in [-0.4, -0.2) is 42.6 Å². The molecular formula is C23H30N6O2. The van der Waals surface area contributed by atoms with Gasteiger partial charge in [-0.25, -0.2) is 4.98 Å². The number of pyridine rings is 1. The predicted molar refractivity (Wildman–Crippen MR) is 120 cm³/mol. The van der Waals surface area contributed by atoms with E-state index in [0.29, 0.717) is 46.9 Å². The summed E-state index contributed by atoms with van der Waals surface area (Å²) in [6.45, 7) is 7.10. The van der Waals surface area contributed by atoms with Crippen LogP contribution in [0, 0.1) is 0 Å². The number of nitrogens with two attached hydrogens (primary N) is 1. The van der Waals surface area contributed by atoms with Crippen LogP contribution in [0.3, 0.4) is 0 Å². The van der Waals surface area contributed by atoms with Crippen LogP contribution in [0.2, 0.25) is 0 Å². The molecule has 2 atom stereocenters. The van der Waals surface area contributed by atoms with Gasteiger partial charge < -0.3 is 16.2 Å². The van der Waals surface area contributed by atoms with Gasteiger partial charge in [-0.3, -0.25) is 9.78 Å². The molecular weight excluding hydrogens is 392 g/mol. The maximum Gasteiger partial charge on any atom is 0.165 e. The van der Waals surface area contributed by atoms with Gasteiger partial charge in [0.2, 0.25) is 0 Å². The van der Waals surface area contributed by atoms with Crippen molar-refractivity contribution < 1.29 is 9.90 Å². The van der Waals surface area contributed by atoms with Crippen LogP contribution in [0.4, 0.5) is 5.82 Å². The number of rotatable bonds is 6. The van der Waals surface area contributed by atoms with Crippen LogP contribution in [0.1, 0.15) is 68.7 Å². The number of aliphatic hydroxyl groups is 1. The van der Waals surface area contributed by atoms with Gasteiger partial charge in [0.05, 0.1) is 23.1 Å². The van der Waals surface area contributed by atoms with Crippen molar-refractivity contribution in [1.29, 1.82) is 0 Å². The van der Waals surface area contributed by atoms with Crippen molar-refractivity contribution in [2.75, 3.05) is 5.73 Å². The molecule has 0 radical (unpaired) electrons. The summed E-state index contributed by atoms with van der Waals surface area (Å²) in [5, 5.41) is 18.1. The smallest absolute Gasteiger partial charge is 0.165 e. The minimum absolute atomic E-state index is 0.108. The molecule has 4 heterocycles. The lowest BCUT2D eigenvalue weighted by atomic mass is 10.0. The van der Waals surface area contributed by atoms with E-state index in [1.807, 2.05) is 6.07 Å². The Morgan fingerprint density at radius 3 is 2.68 bits per heavy atom. The van der Waals surface area contributed by atoms with Crippen molar-refractivity contribution in [2.24, 2.45) is 0 Å². The number of carbonyl (C=O) groups is 1. The minimum atomic E-state index is -1.02.